The highest BCUT2D eigenvalue weighted by Crippen LogP contribution is 2.20. The highest BCUT2D eigenvalue weighted by atomic mass is 32.2. The molecule has 0 aromatic carbocycles. The lowest BCUT2D eigenvalue weighted by Crippen LogP contribution is -2.16. The average molecular weight is 244 g/mol. The van der Waals surface area contributed by atoms with Crippen LogP contribution in [0, 0.1) is 5.92 Å². The number of nitrogen functional groups attached to an aromatic ring is 1. The van der Waals surface area contributed by atoms with Crippen molar-refractivity contribution in [2.24, 2.45) is 13.0 Å². The third kappa shape index (κ3) is 2.46. The van der Waals surface area contributed by atoms with Crippen molar-refractivity contribution in [3.63, 3.8) is 0 Å². The zero-order valence-corrected chi connectivity index (χ0v) is 10.00. The third-order valence-electron chi connectivity index (χ3n) is 2.74. The SMILES string of the molecule is Cn1cc(N)c(NCC2CCS(=O)(=O)C2)n1. The number of anilines is 2. The van der Waals surface area contributed by atoms with Crippen molar-refractivity contribution >= 4 is 21.3 Å². The van der Waals surface area contributed by atoms with Crippen molar-refractivity contribution in [2.45, 2.75) is 6.42 Å². The number of aromatic nitrogens is 2. The van der Waals surface area contributed by atoms with Crippen LogP contribution in [-0.2, 0) is 16.9 Å². The summed E-state index contributed by atoms with van der Waals surface area (Å²) >= 11 is 0. The number of hydrogen-bond acceptors (Lipinski definition) is 5. The number of nitrogens with two attached hydrogens (primary N) is 1. The Bertz CT molecular complexity index is 480. The van der Waals surface area contributed by atoms with Crippen molar-refractivity contribution in [3.05, 3.63) is 6.20 Å². The molecule has 0 bridgehead atoms. The van der Waals surface area contributed by atoms with E-state index in [-0.39, 0.29) is 11.7 Å². The average Bonchev–Trinajstić information content (AvgIpc) is 2.66. The molecule has 7 heteroatoms. The van der Waals surface area contributed by atoms with Gasteiger partial charge in [-0.3, -0.25) is 4.68 Å². The van der Waals surface area contributed by atoms with Crippen LogP contribution in [0.5, 0.6) is 0 Å². The maximum Gasteiger partial charge on any atom is 0.171 e. The fraction of sp³-hybridized carbons (Fsp3) is 0.667. The lowest BCUT2D eigenvalue weighted by atomic mass is 10.1. The summed E-state index contributed by atoms with van der Waals surface area (Å²) in [4.78, 5) is 0. The fourth-order valence-electron chi connectivity index (χ4n) is 1.92. The van der Waals surface area contributed by atoms with Crippen molar-refractivity contribution in [1.82, 2.24) is 9.78 Å². The molecule has 1 aromatic heterocycles. The molecule has 1 unspecified atom stereocenters. The highest BCUT2D eigenvalue weighted by molar-refractivity contribution is 7.91. The van der Waals surface area contributed by atoms with Gasteiger partial charge in [-0.05, 0) is 12.3 Å². The van der Waals surface area contributed by atoms with Gasteiger partial charge in [0.2, 0.25) is 0 Å². The van der Waals surface area contributed by atoms with Gasteiger partial charge in [0.05, 0.1) is 17.2 Å². The second kappa shape index (κ2) is 3.97. The van der Waals surface area contributed by atoms with E-state index in [4.69, 9.17) is 5.73 Å². The van der Waals surface area contributed by atoms with Gasteiger partial charge in [-0.15, -0.1) is 0 Å². The maximum atomic E-state index is 11.3. The monoisotopic (exact) mass is 244 g/mol. The van der Waals surface area contributed by atoms with Crippen molar-refractivity contribution in [3.8, 4) is 0 Å². The topological polar surface area (TPSA) is 90.0 Å². The largest absolute Gasteiger partial charge is 0.394 e. The van der Waals surface area contributed by atoms with Gasteiger partial charge in [-0.2, -0.15) is 5.10 Å². The zero-order valence-electron chi connectivity index (χ0n) is 9.18. The number of aryl methyl sites for hydroxylation is 1. The van der Waals surface area contributed by atoms with Crippen LogP contribution in [0.2, 0.25) is 0 Å². The maximum absolute atomic E-state index is 11.3. The molecule has 6 nitrogen and oxygen atoms in total. The van der Waals surface area contributed by atoms with Crippen LogP contribution in [0.3, 0.4) is 0 Å². The van der Waals surface area contributed by atoms with Crippen molar-refractivity contribution < 1.29 is 8.42 Å². The molecule has 2 rings (SSSR count). The summed E-state index contributed by atoms with van der Waals surface area (Å²) in [6, 6.07) is 0. The zero-order chi connectivity index (χ0) is 11.8. The van der Waals surface area contributed by atoms with Crippen molar-refractivity contribution in [2.75, 3.05) is 29.1 Å². The molecule has 1 aliphatic rings. The lowest BCUT2D eigenvalue weighted by Gasteiger charge is -2.08. The first-order chi connectivity index (χ1) is 7.46. The Morgan fingerprint density at radius 2 is 2.44 bits per heavy atom. The normalized spacial score (nSPS) is 23.4. The Morgan fingerprint density at radius 1 is 1.69 bits per heavy atom. The minimum Gasteiger partial charge on any atom is -0.394 e. The minimum absolute atomic E-state index is 0.173. The van der Waals surface area contributed by atoms with Crippen LogP contribution >= 0.6 is 0 Å². The molecule has 90 valence electrons. The van der Waals surface area contributed by atoms with E-state index >= 15 is 0 Å². The molecule has 0 saturated carbocycles. The molecule has 0 amide bonds. The number of sulfone groups is 1. The molecular weight excluding hydrogens is 228 g/mol. The Balaban J connectivity index is 1.91. The molecule has 1 aromatic rings. The lowest BCUT2D eigenvalue weighted by molar-refractivity contribution is 0.595. The van der Waals surface area contributed by atoms with E-state index in [9.17, 15) is 8.42 Å². The van der Waals surface area contributed by atoms with Crippen LogP contribution < -0.4 is 11.1 Å². The predicted octanol–water partition coefficient (Wildman–Crippen LogP) is -0.151. The van der Waals surface area contributed by atoms with E-state index in [0.29, 0.717) is 23.8 Å². The van der Waals surface area contributed by atoms with E-state index in [1.54, 1.807) is 17.9 Å². The quantitative estimate of drug-likeness (QED) is 0.771. The van der Waals surface area contributed by atoms with E-state index in [2.05, 4.69) is 10.4 Å². The minimum atomic E-state index is -2.80. The first-order valence-electron chi connectivity index (χ1n) is 5.20. The molecule has 2 heterocycles. The summed E-state index contributed by atoms with van der Waals surface area (Å²) in [7, 11) is -1.01. The van der Waals surface area contributed by atoms with Crippen LogP contribution in [0.1, 0.15) is 6.42 Å². The second-order valence-electron chi connectivity index (χ2n) is 4.26. The van der Waals surface area contributed by atoms with E-state index < -0.39 is 9.84 Å². The molecule has 1 fully saturated rings. The van der Waals surface area contributed by atoms with Gasteiger partial charge in [0.25, 0.3) is 0 Å². The highest BCUT2D eigenvalue weighted by Gasteiger charge is 2.27. The van der Waals surface area contributed by atoms with Gasteiger partial charge >= 0.3 is 0 Å². The van der Waals surface area contributed by atoms with E-state index in [1.807, 2.05) is 0 Å². The van der Waals surface area contributed by atoms with Crippen LogP contribution in [0.4, 0.5) is 11.5 Å². The number of rotatable bonds is 3. The molecule has 1 aliphatic heterocycles. The summed E-state index contributed by atoms with van der Waals surface area (Å²) in [5, 5.41) is 7.23. The van der Waals surface area contributed by atoms with Crippen LogP contribution in [0.25, 0.3) is 0 Å². The van der Waals surface area contributed by atoms with Crippen LogP contribution in [0.15, 0.2) is 6.20 Å². The molecular formula is C9H16N4O2S. The third-order valence-corrected chi connectivity index (χ3v) is 4.58. The Morgan fingerprint density at radius 3 is 2.94 bits per heavy atom. The Labute approximate surface area is 94.7 Å². The molecule has 16 heavy (non-hydrogen) atoms. The summed E-state index contributed by atoms with van der Waals surface area (Å²) in [5.74, 6) is 1.38. The summed E-state index contributed by atoms with van der Waals surface area (Å²) in [6.07, 6.45) is 2.44. The molecule has 0 radical (unpaired) electrons. The second-order valence-corrected chi connectivity index (χ2v) is 6.49. The fourth-order valence-corrected chi connectivity index (χ4v) is 3.78. The Kier molecular flexibility index (Phi) is 2.79. The first kappa shape index (κ1) is 11.3. The van der Waals surface area contributed by atoms with Gasteiger partial charge < -0.3 is 11.1 Å². The molecule has 1 atom stereocenters. The molecule has 0 spiro atoms. The van der Waals surface area contributed by atoms with Gasteiger partial charge in [0, 0.05) is 19.8 Å². The van der Waals surface area contributed by atoms with Gasteiger partial charge in [0.1, 0.15) is 0 Å². The molecule has 3 N–H and O–H groups in total. The Hall–Kier alpha value is -1.24. The standard InChI is InChI=1S/C9H16N4O2S/c1-13-5-8(10)9(12-13)11-4-7-2-3-16(14,15)6-7/h5,7H,2-4,6,10H2,1H3,(H,11,12). The molecule has 1 saturated heterocycles. The summed E-state index contributed by atoms with van der Waals surface area (Å²) < 4.78 is 24.1. The van der Waals surface area contributed by atoms with Gasteiger partial charge in [-0.25, -0.2) is 8.42 Å². The number of nitrogens with zero attached hydrogens (tertiary/aromatic N) is 2. The van der Waals surface area contributed by atoms with Crippen LogP contribution in [-0.4, -0.2) is 36.2 Å². The van der Waals surface area contributed by atoms with E-state index in [0.717, 1.165) is 6.42 Å². The van der Waals surface area contributed by atoms with Gasteiger partial charge in [-0.1, -0.05) is 0 Å². The molecule has 0 aliphatic carbocycles. The van der Waals surface area contributed by atoms with Gasteiger partial charge in [0.15, 0.2) is 15.7 Å². The summed E-state index contributed by atoms with van der Waals surface area (Å²) in [6.45, 7) is 0.612. The first-order valence-corrected chi connectivity index (χ1v) is 7.02. The summed E-state index contributed by atoms with van der Waals surface area (Å²) in [5.41, 5.74) is 6.30. The van der Waals surface area contributed by atoms with Crippen molar-refractivity contribution in [1.29, 1.82) is 0 Å². The number of nitrogens with one attached hydrogen (secondary N) is 1. The smallest absolute Gasteiger partial charge is 0.171 e. The predicted molar refractivity (Wildman–Crippen MR) is 62.9 cm³/mol. The number of hydrogen-bond donors (Lipinski definition) is 2. The van der Waals surface area contributed by atoms with E-state index in [1.165, 1.54) is 0 Å².